The number of carbonyl (C=O) groups excluding carboxylic acids is 1. The number of pyridine rings is 1. The van der Waals surface area contributed by atoms with Crippen LogP contribution in [-0.2, 0) is 17.6 Å². The SMILES string of the molecule is Cc1cc(C)c2cc(C#N)c(SCC(=O)Nc3sc4c(c3C#N)CCCC4)nc2c1. The summed E-state index contributed by atoms with van der Waals surface area (Å²) in [5.41, 5.74) is 5.19. The monoisotopic (exact) mass is 432 g/mol. The molecule has 0 atom stereocenters. The second kappa shape index (κ2) is 8.47. The Hall–Kier alpha value is -2.87. The largest absolute Gasteiger partial charge is 0.316 e. The van der Waals surface area contributed by atoms with Crippen molar-refractivity contribution in [2.24, 2.45) is 0 Å². The Kier molecular flexibility index (Phi) is 5.76. The highest BCUT2D eigenvalue weighted by molar-refractivity contribution is 8.00. The molecule has 1 aliphatic carbocycles. The first-order valence-electron chi connectivity index (χ1n) is 9.79. The van der Waals surface area contributed by atoms with Crippen molar-refractivity contribution in [3.63, 3.8) is 0 Å². The fourth-order valence-corrected chi connectivity index (χ4v) is 5.89. The van der Waals surface area contributed by atoms with E-state index in [9.17, 15) is 15.3 Å². The van der Waals surface area contributed by atoms with Crippen molar-refractivity contribution in [2.45, 2.75) is 44.6 Å². The molecule has 2 aromatic heterocycles. The molecule has 4 rings (SSSR count). The molecular weight excluding hydrogens is 412 g/mol. The zero-order valence-corrected chi connectivity index (χ0v) is 18.5. The topological polar surface area (TPSA) is 89.6 Å². The average molecular weight is 433 g/mol. The number of hydrogen-bond acceptors (Lipinski definition) is 6. The van der Waals surface area contributed by atoms with Gasteiger partial charge in [0.2, 0.25) is 5.91 Å². The molecule has 1 N–H and O–H groups in total. The van der Waals surface area contributed by atoms with Gasteiger partial charge in [0.25, 0.3) is 0 Å². The van der Waals surface area contributed by atoms with Crippen LogP contribution in [0.25, 0.3) is 10.9 Å². The first-order valence-corrected chi connectivity index (χ1v) is 11.6. The Bertz CT molecular complexity index is 1250. The molecule has 1 aromatic carbocycles. The number of aryl methyl sites for hydroxylation is 3. The van der Waals surface area contributed by atoms with E-state index in [0.29, 0.717) is 21.2 Å². The molecule has 0 aliphatic heterocycles. The van der Waals surface area contributed by atoms with Crippen LogP contribution in [0.2, 0.25) is 0 Å². The maximum absolute atomic E-state index is 12.6. The number of aromatic nitrogens is 1. The van der Waals surface area contributed by atoms with Gasteiger partial charge < -0.3 is 5.32 Å². The van der Waals surface area contributed by atoms with E-state index in [1.807, 2.05) is 26.0 Å². The standard InChI is InChI=1S/C23H20N4OS2/c1-13-7-14(2)17-9-15(10-24)22(26-19(17)8-13)29-12-21(28)27-23-18(11-25)16-5-3-4-6-20(16)30-23/h7-9H,3-6,12H2,1-2H3,(H,27,28). The third-order valence-electron chi connectivity index (χ3n) is 5.25. The van der Waals surface area contributed by atoms with Crippen LogP contribution < -0.4 is 5.32 Å². The van der Waals surface area contributed by atoms with Crippen LogP contribution in [0.1, 0.15) is 45.5 Å². The quantitative estimate of drug-likeness (QED) is 0.568. The average Bonchev–Trinajstić information content (AvgIpc) is 3.08. The van der Waals surface area contributed by atoms with E-state index in [2.05, 4.69) is 28.5 Å². The van der Waals surface area contributed by atoms with Gasteiger partial charge in [0.05, 0.1) is 22.4 Å². The van der Waals surface area contributed by atoms with Crippen LogP contribution in [0, 0.1) is 36.5 Å². The molecule has 1 aliphatic rings. The zero-order chi connectivity index (χ0) is 21.3. The summed E-state index contributed by atoms with van der Waals surface area (Å²) in [6, 6.07) is 10.4. The molecule has 7 heteroatoms. The first-order chi connectivity index (χ1) is 14.5. The van der Waals surface area contributed by atoms with Gasteiger partial charge in [-0.1, -0.05) is 17.8 Å². The lowest BCUT2D eigenvalue weighted by Crippen LogP contribution is -2.14. The number of anilines is 1. The van der Waals surface area contributed by atoms with Crippen LogP contribution in [0.15, 0.2) is 23.2 Å². The van der Waals surface area contributed by atoms with Crippen molar-refractivity contribution in [1.82, 2.24) is 4.98 Å². The fraction of sp³-hybridized carbons (Fsp3) is 0.304. The van der Waals surface area contributed by atoms with Gasteiger partial charge in [0, 0.05) is 10.3 Å². The summed E-state index contributed by atoms with van der Waals surface area (Å²) in [7, 11) is 0. The van der Waals surface area contributed by atoms with Crippen molar-refractivity contribution in [3.05, 3.63) is 50.9 Å². The predicted octanol–water partition coefficient (Wildman–Crippen LogP) is 5.27. The van der Waals surface area contributed by atoms with E-state index < -0.39 is 0 Å². The van der Waals surface area contributed by atoms with Crippen molar-refractivity contribution in [1.29, 1.82) is 10.5 Å². The molecular formula is C23H20N4OS2. The summed E-state index contributed by atoms with van der Waals surface area (Å²) >= 11 is 2.77. The summed E-state index contributed by atoms with van der Waals surface area (Å²) in [6.45, 7) is 4.02. The normalized spacial score (nSPS) is 12.8. The summed E-state index contributed by atoms with van der Waals surface area (Å²) in [5, 5.41) is 24.2. The maximum atomic E-state index is 12.6. The van der Waals surface area contributed by atoms with E-state index in [1.54, 1.807) is 0 Å². The number of thiophene rings is 1. The Balaban J connectivity index is 1.53. The van der Waals surface area contributed by atoms with Crippen LogP contribution in [0.3, 0.4) is 0 Å². The number of carbonyl (C=O) groups is 1. The molecule has 2 heterocycles. The number of nitrogens with zero attached hydrogens (tertiary/aromatic N) is 3. The molecule has 0 spiro atoms. The molecule has 3 aromatic rings. The highest BCUT2D eigenvalue weighted by Crippen LogP contribution is 2.37. The Labute approximate surface area is 183 Å². The van der Waals surface area contributed by atoms with Gasteiger partial charge in [-0.2, -0.15) is 10.5 Å². The fourth-order valence-electron chi connectivity index (χ4n) is 3.87. The number of rotatable bonds is 4. The van der Waals surface area contributed by atoms with Crippen LogP contribution in [0.4, 0.5) is 5.00 Å². The third kappa shape index (κ3) is 3.92. The predicted molar refractivity (Wildman–Crippen MR) is 121 cm³/mol. The van der Waals surface area contributed by atoms with Gasteiger partial charge in [-0.25, -0.2) is 4.98 Å². The smallest absolute Gasteiger partial charge is 0.235 e. The molecule has 0 saturated heterocycles. The number of nitriles is 2. The lowest BCUT2D eigenvalue weighted by atomic mass is 9.96. The summed E-state index contributed by atoms with van der Waals surface area (Å²) < 4.78 is 0. The molecule has 0 radical (unpaired) electrons. The van der Waals surface area contributed by atoms with Gasteiger partial charge in [0.15, 0.2) is 0 Å². The van der Waals surface area contributed by atoms with Crippen molar-refractivity contribution in [2.75, 3.05) is 11.1 Å². The second-order valence-corrected chi connectivity index (χ2v) is 9.53. The number of amides is 1. The zero-order valence-electron chi connectivity index (χ0n) is 16.8. The van der Waals surface area contributed by atoms with Crippen LogP contribution >= 0.6 is 23.1 Å². The Morgan fingerprint density at radius 3 is 2.77 bits per heavy atom. The number of nitrogens with one attached hydrogen (secondary N) is 1. The maximum Gasteiger partial charge on any atom is 0.235 e. The summed E-state index contributed by atoms with van der Waals surface area (Å²) in [5.74, 6) is -0.0629. The first kappa shape index (κ1) is 20.4. The minimum atomic E-state index is -0.193. The highest BCUT2D eigenvalue weighted by Gasteiger charge is 2.22. The van der Waals surface area contributed by atoms with Gasteiger partial charge in [0.1, 0.15) is 22.2 Å². The number of fused-ring (bicyclic) bond motifs is 2. The lowest BCUT2D eigenvalue weighted by molar-refractivity contribution is -0.113. The third-order valence-corrected chi connectivity index (χ3v) is 7.45. The minimum Gasteiger partial charge on any atom is -0.316 e. The van der Waals surface area contributed by atoms with E-state index in [-0.39, 0.29) is 11.7 Å². The molecule has 1 amide bonds. The van der Waals surface area contributed by atoms with E-state index in [1.165, 1.54) is 28.0 Å². The molecule has 0 saturated carbocycles. The lowest BCUT2D eigenvalue weighted by Gasteiger charge is -2.09. The Morgan fingerprint density at radius 1 is 1.20 bits per heavy atom. The molecule has 5 nitrogen and oxygen atoms in total. The van der Waals surface area contributed by atoms with Gasteiger partial charge in [-0.3, -0.25) is 4.79 Å². The summed E-state index contributed by atoms with van der Waals surface area (Å²) in [6.07, 6.45) is 4.10. The van der Waals surface area contributed by atoms with Crippen LogP contribution in [-0.4, -0.2) is 16.6 Å². The van der Waals surface area contributed by atoms with E-state index in [0.717, 1.165) is 53.3 Å². The molecule has 0 unspecified atom stereocenters. The summed E-state index contributed by atoms with van der Waals surface area (Å²) in [4.78, 5) is 18.5. The molecule has 30 heavy (non-hydrogen) atoms. The van der Waals surface area contributed by atoms with E-state index >= 15 is 0 Å². The van der Waals surface area contributed by atoms with Crippen molar-refractivity contribution < 1.29 is 4.79 Å². The second-order valence-electron chi connectivity index (χ2n) is 7.47. The van der Waals surface area contributed by atoms with Crippen molar-refractivity contribution >= 4 is 44.9 Å². The Morgan fingerprint density at radius 2 is 2.00 bits per heavy atom. The number of thioether (sulfide) groups is 1. The molecule has 150 valence electrons. The number of benzene rings is 1. The molecule has 0 bridgehead atoms. The minimum absolute atomic E-state index is 0.130. The molecule has 0 fully saturated rings. The van der Waals surface area contributed by atoms with Gasteiger partial charge in [-0.15, -0.1) is 11.3 Å². The highest BCUT2D eigenvalue weighted by atomic mass is 32.2. The van der Waals surface area contributed by atoms with Crippen LogP contribution in [0.5, 0.6) is 0 Å². The van der Waals surface area contributed by atoms with Crippen molar-refractivity contribution in [3.8, 4) is 12.1 Å². The van der Waals surface area contributed by atoms with Gasteiger partial charge >= 0.3 is 0 Å². The number of hydrogen-bond donors (Lipinski definition) is 1. The van der Waals surface area contributed by atoms with Gasteiger partial charge in [-0.05, 0) is 68.4 Å². The van der Waals surface area contributed by atoms with E-state index in [4.69, 9.17) is 0 Å².